The van der Waals surface area contributed by atoms with E-state index in [0.29, 0.717) is 5.92 Å². The maximum absolute atomic E-state index is 12.0. The summed E-state index contributed by atoms with van der Waals surface area (Å²) in [7, 11) is -1.12. The molecule has 0 aromatic rings. The van der Waals surface area contributed by atoms with Gasteiger partial charge in [-0.2, -0.15) is 0 Å². The Labute approximate surface area is 127 Å². The SMILES string of the molecule is C#S(=O)C1CC(CCC)CCC1C1CCC(CC)CC1. The molecule has 0 aromatic heterocycles. The summed E-state index contributed by atoms with van der Waals surface area (Å²) in [6.45, 7) is 4.57. The van der Waals surface area contributed by atoms with Gasteiger partial charge in [-0.1, -0.05) is 58.1 Å². The molecule has 0 spiro atoms. The second-order valence-corrected chi connectivity index (χ2v) is 8.45. The van der Waals surface area contributed by atoms with E-state index in [2.05, 4.69) is 13.8 Å². The van der Waals surface area contributed by atoms with Gasteiger partial charge in [0.25, 0.3) is 0 Å². The highest BCUT2D eigenvalue weighted by Crippen LogP contribution is 2.43. The molecule has 2 aliphatic rings. The molecule has 0 aliphatic heterocycles. The third kappa shape index (κ3) is 3.92. The molecule has 2 saturated carbocycles. The maximum Gasteiger partial charge on any atom is 0.0588 e. The van der Waals surface area contributed by atoms with Gasteiger partial charge in [-0.25, -0.2) is 4.21 Å². The summed E-state index contributed by atoms with van der Waals surface area (Å²) in [6.07, 6.45) is 13.1. The Hall–Kier alpha value is -0.200. The highest BCUT2D eigenvalue weighted by molar-refractivity contribution is 7.74. The van der Waals surface area contributed by atoms with Crippen molar-refractivity contribution in [2.24, 2.45) is 23.7 Å². The van der Waals surface area contributed by atoms with E-state index in [1.54, 1.807) is 0 Å². The van der Waals surface area contributed by atoms with Crippen LogP contribution in [0.25, 0.3) is 0 Å². The van der Waals surface area contributed by atoms with Gasteiger partial charge in [0.15, 0.2) is 0 Å². The lowest BCUT2D eigenvalue weighted by Crippen LogP contribution is -2.36. The number of hydrogen-bond acceptors (Lipinski definition) is 1. The van der Waals surface area contributed by atoms with E-state index in [1.165, 1.54) is 57.8 Å². The van der Waals surface area contributed by atoms with Crippen LogP contribution < -0.4 is 0 Å². The summed E-state index contributed by atoms with van der Waals surface area (Å²) in [5, 5.41) is 0.281. The highest BCUT2D eigenvalue weighted by atomic mass is 32.2. The molecule has 3 atom stereocenters. The molecule has 116 valence electrons. The summed E-state index contributed by atoms with van der Waals surface area (Å²) < 4.78 is 12.0. The fourth-order valence-electron chi connectivity index (χ4n) is 4.74. The van der Waals surface area contributed by atoms with Crippen molar-refractivity contribution < 1.29 is 4.21 Å². The van der Waals surface area contributed by atoms with Crippen LogP contribution in [0.15, 0.2) is 0 Å². The number of hydrogen-bond donors (Lipinski definition) is 0. The van der Waals surface area contributed by atoms with Crippen LogP contribution >= 0.6 is 0 Å². The minimum absolute atomic E-state index is 0.281. The maximum atomic E-state index is 12.0. The molecular weight excluding hydrogens is 264 g/mol. The zero-order valence-electron chi connectivity index (χ0n) is 13.4. The van der Waals surface area contributed by atoms with Crippen LogP contribution in [0.1, 0.15) is 78.1 Å². The molecule has 3 unspecified atom stereocenters. The first kappa shape index (κ1) is 16.2. The summed E-state index contributed by atoms with van der Waals surface area (Å²) in [5.74, 6) is 3.18. The number of rotatable bonds is 4. The standard InChI is InChI=1S/C18H32OS/c1-4-6-15-9-12-17(18(13-15)20(3)19)16-10-7-14(5-2)8-11-16/h3,14-18H,4-13H2,1-2H3. The van der Waals surface area contributed by atoms with Gasteiger partial charge in [0.1, 0.15) is 0 Å². The van der Waals surface area contributed by atoms with Crippen LogP contribution in [-0.4, -0.2) is 9.46 Å². The molecule has 0 aromatic carbocycles. The van der Waals surface area contributed by atoms with Crippen molar-refractivity contribution in [3.63, 3.8) is 0 Å². The van der Waals surface area contributed by atoms with Crippen molar-refractivity contribution in [2.45, 2.75) is 83.3 Å². The Morgan fingerprint density at radius 2 is 1.65 bits per heavy atom. The van der Waals surface area contributed by atoms with E-state index >= 15 is 0 Å². The first-order valence-corrected chi connectivity index (χ1v) is 10.1. The fourth-order valence-corrected chi connectivity index (χ4v) is 5.90. The van der Waals surface area contributed by atoms with Crippen molar-refractivity contribution in [2.75, 3.05) is 0 Å². The van der Waals surface area contributed by atoms with E-state index in [-0.39, 0.29) is 5.25 Å². The van der Waals surface area contributed by atoms with Crippen molar-refractivity contribution in [1.29, 1.82) is 0 Å². The first-order chi connectivity index (χ1) is 9.65. The quantitative estimate of drug-likeness (QED) is 0.703. The Balaban J connectivity index is 1.97. The molecule has 0 bridgehead atoms. The lowest BCUT2D eigenvalue weighted by molar-refractivity contribution is 0.147. The molecule has 0 saturated heterocycles. The van der Waals surface area contributed by atoms with Gasteiger partial charge >= 0.3 is 0 Å². The third-order valence-corrected chi connectivity index (χ3v) is 7.16. The topological polar surface area (TPSA) is 17.1 Å². The molecule has 0 N–H and O–H groups in total. The predicted octanol–water partition coefficient (Wildman–Crippen LogP) is 5.13. The Morgan fingerprint density at radius 1 is 1.00 bits per heavy atom. The van der Waals surface area contributed by atoms with Crippen LogP contribution in [0.5, 0.6) is 0 Å². The third-order valence-electron chi connectivity index (χ3n) is 6.02. The van der Waals surface area contributed by atoms with E-state index in [4.69, 9.17) is 5.69 Å². The van der Waals surface area contributed by atoms with E-state index in [9.17, 15) is 4.21 Å². The molecule has 0 heterocycles. The van der Waals surface area contributed by atoms with Crippen LogP contribution in [-0.2, 0) is 10.2 Å². The van der Waals surface area contributed by atoms with Gasteiger partial charge < -0.3 is 0 Å². The van der Waals surface area contributed by atoms with Crippen LogP contribution in [0.2, 0.25) is 0 Å². The summed E-state index contributed by atoms with van der Waals surface area (Å²) >= 11 is 0. The molecule has 2 heteroatoms. The monoisotopic (exact) mass is 296 g/mol. The molecule has 2 aliphatic carbocycles. The molecule has 2 fully saturated rings. The van der Waals surface area contributed by atoms with Crippen LogP contribution in [0.4, 0.5) is 0 Å². The second kappa shape index (κ2) is 7.71. The lowest BCUT2D eigenvalue weighted by Gasteiger charge is -2.40. The zero-order valence-corrected chi connectivity index (χ0v) is 14.2. The largest absolute Gasteiger partial charge is 0.222 e. The van der Waals surface area contributed by atoms with Crippen molar-refractivity contribution in [3.05, 3.63) is 0 Å². The Morgan fingerprint density at radius 3 is 2.20 bits per heavy atom. The average Bonchev–Trinajstić information content (AvgIpc) is 2.47. The highest BCUT2D eigenvalue weighted by Gasteiger charge is 2.37. The average molecular weight is 297 g/mol. The van der Waals surface area contributed by atoms with Gasteiger partial charge in [0.2, 0.25) is 0 Å². The van der Waals surface area contributed by atoms with Crippen LogP contribution in [0, 0.1) is 29.4 Å². The summed E-state index contributed by atoms with van der Waals surface area (Å²) in [4.78, 5) is 0. The first-order valence-electron chi connectivity index (χ1n) is 8.80. The lowest BCUT2D eigenvalue weighted by atomic mass is 9.68. The fraction of sp³-hybridized carbons (Fsp3) is 0.944. The smallest absolute Gasteiger partial charge is 0.0588 e. The zero-order chi connectivity index (χ0) is 14.5. The van der Waals surface area contributed by atoms with Gasteiger partial charge in [-0.15, -0.1) is 0 Å². The molecule has 2 rings (SSSR count). The minimum atomic E-state index is -1.12. The van der Waals surface area contributed by atoms with Gasteiger partial charge in [0.05, 0.1) is 5.25 Å². The van der Waals surface area contributed by atoms with Gasteiger partial charge in [0, 0.05) is 10.2 Å². The molecular formula is C18H32OS. The minimum Gasteiger partial charge on any atom is -0.222 e. The molecule has 0 amide bonds. The van der Waals surface area contributed by atoms with Crippen molar-refractivity contribution in [1.82, 2.24) is 0 Å². The van der Waals surface area contributed by atoms with E-state index in [1.807, 2.05) is 0 Å². The van der Waals surface area contributed by atoms with E-state index in [0.717, 1.165) is 24.2 Å². The Bertz CT molecular complexity index is 402. The van der Waals surface area contributed by atoms with Crippen molar-refractivity contribution >= 4 is 10.2 Å². The van der Waals surface area contributed by atoms with Crippen molar-refractivity contribution in [3.8, 4) is 5.69 Å². The summed E-state index contributed by atoms with van der Waals surface area (Å²) in [6, 6.07) is 0. The molecule has 20 heavy (non-hydrogen) atoms. The predicted molar refractivity (Wildman–Crippen MR) is 88.4 cm³/mol. The normalized spacial score (nSPS) is 38.5. The molecule has 0 radical (unpaired) electrons. The Kier molecular flexibility index (Phi) is 6.23. The van der Waals surface area contributed by atoms with Gasteiger partial charge in [-0.05, 0) is 49.4 Å². The summed E-state index contributed by atoms with van der Waals surface area (Å²) in [5.41, 5.74) is 5.85. The molecule has 1 nitrogen and oxygen atoms in total. The van der Waals surface area contributed by atoms with Crippen LogP contribution in [0.3, 0.4) is 0 Å². The van der Waals surface area contributed by atoms with Gasteiger partial charge in [-0.3, -0.25) is 0 Å². The van der Waals surface area contributed by atoms with E-state index < -0.39 is 10.2 Å². The second-order valence-electron chi connectivity index (χ2n) is 7.19.